The summed E-state index contributed by atoms with van der Waals surface area (Å²) in [6, 6.07) is 0. The average Bonchev–Trinajstić information content (AvgIpc) is 2.02. The van der Waals surface area contributed by atoms with Gasteiger partial charge in [-0.1, -0.05) is 0 Å². The highest BCUT2D eigenvalue weighted by atomic mass is 32.2. The Kier molecular flexibility index (Phi) is 4.94. The first-order valence-electron chi connectivity index (χ1n) is 4.13. The SMILES string of the molecule is CCN(CC)C(=O)CCS(=O)(=O)O. The van der Waals surface area contributed by atoms with Gasteiger partial charge in [0.05, 0.1) is 5.75 Å². The fourth-order valence-electron chi connectivity index (χ4n) is 0.951. The monoisotopic (exact) mass is 209 g/mol. The molecule has 0 aromatic heterocycles. The first-order valence-corrected chi connectivity index (χ1v) is 5.74. The van der Waals surface area contributed by atoms with Crippen LogP contribution in [0.1, 0.15) is 20.3 Å². The minimum atomic E-state index is -4.02. The van der Waals surface area contributed by atoms with Crippen molar-refractivity contribution in [3.63, 3.8) is 0 Å². The van der Waals surface area contributed by atoms with E-state index in [0.29, 0.717) is 13.1 Å². The van der Waals surface area contributed by atoms with Gasteiger partial charge in [-0.05, 0) is 13.8 Å². The molecule has 6 heteroatoms. The van der Waals surface area contributed by atoms with Crippen molar-refractivity contribution in [3.05, 3.63) is 0 Å². The summed E-state index contributed by atoms with van der Waals surface area (Å²) >= 11 is 0. The molecule has 0 radical (unpaired) electrons. The van der Waals surface area contributed by atoms with Crippen LogP contribution in [0.2, 0.25) is 0 Å². The summed E-state index contributed by atoms with van der Waals surface area (Å²) < 4.78 is 29.0. The van der Waals surface area contributed by atoms with E-state index in [-0.39, 0.29) is 12.3 Å². The van der Waals surface area contributed by atoms with Crippen molar-refractivity contribution in [2.45, 2.75) is 20.3 Å². The molecule has 78 valence electrons. The maximum absolute atomic E-state index is 11.2. The van der Waals surface area contributed by atoms with Crippen molar-refractivity contribution >= 4 is 16.0 Å². The van der Waals surface area contributed by atoms with Crippen LogP contribution in [-0.2, 0) is 14.9 Å². The van der Waals surface area contributed by atoms with E-state index in [9.17, 15) is 13.2 Å². The lowest BCUT2D eigenvalue weighted by Crippen LogP contribution is -2.31. The normalized spacial score (nSPS) is 11.3. The van der Waals surface area contributed by atoms with Crippen LogP contribution < -0.4 is 0 Å². The molecule has 13 heavy (non-hydrogen) atoms. The predicted molar refractivity (Wildman–Crippen MR) is 49.0 cm³/mol. The highest BCUT2D eigenvalue weighted by Crippen LogP contribution is 1.96. The van der Waals surface area contributed by atoms with Crippen LogP contribution in [0.25, 0.3) is 0 Å². The molecule has 0 unspecified atom stereocenters. The van der Waals surface area contributed by atoms with E-state index in [1.165, 1.54) is 4.90 Å². The maximum Gasteiger partial charge on any atom is 0.265 e. The fourth-order valence-corrected chi connectivity index (χ4v) is 1.38. The summed E-state index contributed by atoms with van der Waals surface area (Å²) in [6.45, 7) is 4.74. The maximum atomic E-state index is 11.2. The number of hydrogen-bond acceptors (Lipinski definition) is 3. The number of rotatable bonds is 5. The summed E-state index contributed by atoms with van der Waals surface area (Å²) in [4.78, 5) is 12.7. The van der Waals surface area contributed by atoms with Gasteiger partial charge in [0.25, 0.3) is 10.1 Å². The van der Waals surface area contributed by atoms with Gasteiger partial charge < -0.3 is 4.90 Å². The highest BCUT2D eigenvalue weighted by Gasteiger charge is 2.13. The van der Waals surface area contributed by atoms with Crippen molar-refractivity contribution in [1.29, 1.82) is 0 Å². The molecule has 0 heterocycles. The van der Waals surface area contributed by atoms with Gasteiger partial charge in [0.2, 0.25) is 5.91 Å². The van der Waals surface area contributed by atoms with Crippen molar-refractivity contribution in [1.82, 2.24) is 4.90 Å². The van der Waals surface area contributed by atoms with Crippen LogP contribution in [0.3, 0.4) is 0 Å². The summed E-state index contributed by atoms with van der Waals surface area (Å²) in [5, 5.41) is 0. The van der Waals surface area contributed by atoms with E-state index in [1.807, 2.05) is 13.8 Å². The highest BCUT2D eigenvalue weighted by molar-refractivity contribution is 7.85. The van der Waals surface area contributed by atoms with E-state index < -0.39 is 15.9 Å². The second-order valence-electron chi connectivity index (χ2n) is 2.60. The summed E-state index contributed by atoms with van der Waals surface area (Å²) in [7, 11) is -4.02. The average molecular weight is 209 g/mol. The molecule has 0 aromatic carbocycles. The Hall–Kier alpha value is -0.620. The van der Waals surface area contributed by atoms with Gasteiger partial charge in [0, 0.05) is 19.5 Å². The third-order valence-corrected chi connectivity index (χ3v) is 2.41. The zero-order valence-corrected chi connectivity index (χ0v) is 8.67. The van der Waals surface area contributed by atoms with Gasteiger partial charge >= 0.3 is 0 Å². The fraction of sp³-hybridized carbons (Fsp3) is 0.857. The van der Waals surface area contributed by atoms with Crippen LogP contribution in [-0.4, -0.2) is 42.6 Å². The predicted octanol–water partition coefficient (Wildman–Crippen LogP) is 0.133. The Morgan fingerprint density at radius 2 is 1.77 bits per heavy atom. The Morgan fingerprint density at radius 1 is 1.31 bits per heavy atom. The van der Waals surface area contributed by atoms with Crippen molar-refractivity contribution < 1.29 is 17.8 Å². The molecule has 0 atom stereocenters. The van der Waals surface area contributed by atoms with Gasteiger partial charge in [-0.15, -0.1) is 0 Å². The van der Waals surface area contributed by atoms with E-state index in [1.54, 1.807) is 0 Å². The third-order valence-electron chi connectivity index (χ3n) is 1.69. The van der Waals surface area contributed by atoms with Gasteiger partial charge in [-0.25, -0.2) is 0 Å². The molecular weight excluding hydrogens is 194 g/mol. The first-order chi connectivity index (χ1) is 5.90. The molecule has 0 bridgehead atoms. The number of carbonyl (C=O) groups excluding carboxylic acids is 1. The van der Waals surface area contributed by atoms with Gasteiger partial charge in [-0.2, -0.15) is 8.42 Å². The molecule has 1 amide bonds. The quantitative estimate of drug-likeness (QED) is 0.653. The molecule has 0 saturated heterocycles. The Balaban J connectivity index is 4.01. The summed E-state index contributed by atoms with van der Waals surface area (Å²) in [5.41, 5.74) is 0. The summed E-state index contributed by atoms with van der Waals surface area (Å²) in [5.74, 6) is -0.745. The Morgan fingerprint density at radius 3 is 2.08 bits per heavy atom. The van der Waals surface area contributed by atoms with E-state index in [4.69, 9.17) is 4.55 Å². The minimum absolute atomic E-state index is 0.152. The van der Waals surface area contributed by atoms with E-state index >= 15 is 0 Å². The van der Waals surface area contributed by atoms with Gasteiger partial charge in [0.15, 0.2) is 0 Å². The van der Waals surface area contributed by atoms with E-state index in [0.717, 1.165) is 0 Å². The number of amides is 1. The van der Waals surface area contributed by atoms with Crippen molar-refractivity contribution in [2.24, 2.45) is 0 Å². The molecule has 0 aromatic rings. The van der Waals surface area contributed by atoms with Gasteiger partial charge in [-0.3, -0.25) is 9.35 Å². The molecule has 0 fully saturated rings. The smallest absolute Gasteiger partial charge is 0.265 e. The molecule has 0 aliphatic carbocycles. The second-order valence-corrected chi connectivity index (χ2v) is 4.17. The first kappa shape index (κ1) is 12.4. The van der Waals surface area contributed by atoms with Crippen LogP contribution in [0.15, 0.2) is 0 Å². The molecule has 1 N–H and O–H groups in total. The molecule has 0 saturated carbocycles. The van der Waals surface area contributed by atoms with Gasteiger partial charge in [0.1, 0.15) is 0 Å². The molecular formula is C7H15NO4S. The Bertz CT molecular complexity index is 256. The second kappa shape index (κ2) is 5.18. The Labute approximate surface area is 78.5 Å². The lowest BCUT2D eigenvalue weighted by molar-refractivity contribution is -0.130. The molecule has 0 aliphatic rings. The van der Waals surface area contributed by atoms with Crippen molar-refractivity contribution in [2.75, 3.05) is 18.8 Å². The number of carbonyl (C=O) groups is 1. The number of hydrogen-bond donors (Lipinski definition) is 1. The number of nitrogens with zero attached hydrogens (tertiary/aromatic N) is 1. The third kappa shape index (κ3) is 5.59. The lowest BCUT2D eigenvalue weighted by Gasteiger charge is -2.17. The van der Waals surface area contributed by atoms with Crippen LogP contribution in [0.4, 0.5) is 0 Å². The topological polar surface area (TPSA) is 74.7 Å². The zero-order chi connectivity index (χ0) is 10.5. The van der Waals surface area contributed by atoms with Crippen LogP contribution >= 0.6 is 0 Å². The van der Waals surface area contributed by atoms with Crippen LogP contribution in [0.5, 0.6) is 0 Å². The zero-order valence-electron chi connectivity index (χ0n) is 7.86. The molecule has 5 nitrogen and oxygen atoms in total. The molecule has 0 spiro atoms. The van der Waals surface area contributed by atoms with Crippen molar-refractivity contribution in [3.8, 4) is 0 Å². The lowest BCUT2D eigenvalue weighted by atomic mass is 10.4. The standard InChI is InChI=1S/C7H15NO4S/c1-3-8(4-2)7(9)5-6-13(10,11)12/h3-6H2,1-2H3,(H,10,11,12). The molecule has 0 aliphatic heterocycles. The van der Waals surface area contributed by atoms with Crippen LogP contribution in [0, 0.1) is 0 Å². The minimum Gasteiger partial charge on any atom is -0.343 e. The molecule has 0 rings (SSSR count). The summed E-state index contributed by atoms with van der Waals surface area (Å²) in [6.07, 6.45) is -0.152. The van der Waals surface area contributed by atoms with E-state index in [2.05, 4.69) is 0 Å². The largest absolute Gasteiger partial charge is 0.343 e.